The van der Waals surface area contributed by atoms with Crippen molar-refractivity contribution in [2.24, 2.45) is 5.92 Å². The fraction of sp³-hybridized carbons (Fsp3) is 0.512. The van der Waals surface area contributed by atoms with Gasteiger partial charge in [-0.3, -0.25) is 4.79 Å². The predicted molar refractivity (Wildman–Crippen MR) is 216 cm³/mol. The lowest BCUT2D eigenvalue weighted by Gasteiger charge is -2.36. The van der Waals surface area contributed by atoms with Gasteiger partial charge in [-0.05, 0) is 97.3 Å². The van der Waals surface area contributed by atoms with Crippen LogP contribution in [0.25, 0.3) is 10.9 Å². The number of carbonyl (C=O) groups excluding carboxylic acids is 1. The first kappa shape index (κ1) is 40.6. The fourth-order valence-corrected chi connectivity index (χ4v) is 8.16. The largest absolute Gasteiger partial charge is 0.497 e. The van der Waals surface area contributed by atoms with E-state index in [4.69, 9.17) is 28.4 Å². The number of fused-ring (bicyclic) bond motifs is 1. The van der Waals surface area contributed by atoms with Crippen LogP contribution in [0.15, 0.2) is 60.8 Å². The zero-order chi connectivity index (χ0) is 39.0. The number of aryl methyl sites for hydroxylation is 1. The third-order valence-corrected chi connectivity index (χ3v) is 12.2. The average molecular weight is 776 g/mol. The second-order valence-corrected chi connectivity index (χ2v) is 21.6. The summed E-state index contributed by atoms with van der Waals surface area (Å²) in [5.74, 6) is 2.04. The van der Waals surface area contributed by atoms with Crippen molar-refractivity contribution in [3.8, 4) is 23.0 Å². The summed E-state index contributed by atoms with van der Waals surface area (Å²) in [7, 11) is 3.69. The van der Waals surface area contributed by atoms with Gasteiger partial charge in [-0.15, -0.1) is 0 Å². The van der Waals surface area contributed by atoms with E-state index in [9.17, 15) is 4.79 Å². The summed E-state index contributed by atoms with van der Waals surface area (Å²) in [5.41, 5.74) is 3.55. The molecule has 1 saturated carbocycles. The Morgan fingerprint density at radius 3 is 2.35 bits per heavy atom. The molecule has 1 N–H and O–H groups in total. The minimum absolute atomic E-state index is 0.0854. The number of halogens is 1. The van der Waals surface area contributed by atoms with Crippen molar-refractivity contribution in [3.63, 3.8) is 0 Å². The number of hydrogen-bond donors (Lipinski definition) is 1. The number of piperidine rings is 1. The van der Waals surface area contributed by atoms with Crippen LogP contribution in [0.4, 0.5) is 4.39 Å². The van der Waals surface area contributed by atoms with Gasteiger partial charge in [0.2, 0.25) is 5.91 Å². The molecular formula is C43H58FN3O7Si. The number of carbonyl (C=O) groups is 1. The lowest BCUT2D eigenvalue weighted by molar-refractivity contribution is -0.138. The zero-order valence-electron chi connectivity index (χ0n) is 33.3. The molecule has 2 aliphatic rings. The van der Waals surface area contributed by atoms with E-state index in [0.29, 0.717) is 61.2 Å². The minimum atomic E-state index is -1.25. The molecule has 2 atom stereocenters. The SMILES string of the molecule is COCCCn1cc(CN(C(=O)C2CNCC[C@@H]2c2cc(OCOCC[Si](C)(C)C)cc(OCc3cc(OC)cc(OC)c3)c2)C2CC2)c2c(F)cccc21. The predicted octanol–water partition coefficient (Wildman–Crippen LogP) is 7.99. The third-order valence-electron chi connectivity index (χ3n) is 10.5. The van der Waals surface area contributed by atoms with Crippen molar-refractivity contribution in [1.82, 2.24) is 14.8 Å². The number of rotatable bonds is 20. The summed E-state index contributed by atoms with van der Waals surface area (Å²) in [6.45, 7) is 11.0. The van der Waals surface area contributed by atoms with E-state index in [0.717, 1.165) is 60.5 Å². The molecule has 1 unspecified atom stereocenters. The molecule has 0 radical (unpaired) electrons. The van der Waals surface area contributed by atoms with Crippen molar-refractivity contribution < 1.29 is 37.6 Å². The van der Waals surface area contributed by atoms with Gasteiger partial charge in [-0.2, -0.15) is 0 Å². The van der Waals surface area contributed by atoms with Crippen LogP contribution in [0.3, 0.4) is 0 Å². The van der Waals surface area contributed by atoms with Crippen LogP contribution in [-0.2, 0) is 34.0 Å². The minimum Gasteiger partial charge on any atom is -0.497 e. The van der Waals surface area contributed by atoms with Gasteiger partial charge in [0.05, 0.1) is 25.7 Å². The fourth-order valence-electron chi connectivity index (χ4n) is 7.40. The maximum Gasteiger partial charge on any atom is 0.228 e. The highest BCUT2D eigenvalue weighted by atomic mass is 28.3. The van der Waals surface area contributed by atoms with Gasteiger partial charge in [0.1, 0.15) is 35.4 Å². The Morgan fingerprint density at radius 1 is 0.927 bits per heavy atom. The van der Waals surface area contributed by atoms with E-state index < -0.39 is 8.07 Å². The molecule has 1 aliphatic heterocycles. The summed E-state index contributed by atoms with van der Waals surface area (Å²) >= 11 is 0. The average Bonchev–Trinajstić information content (AvgIpc) is 3.96. The molecule has 298 valence electrons. The molecule has 1 aliphatic carbocycles. The van der Waals surface area contributed by atoms with Gasteiger partial charge >= 0.3 is 0 Å². The lowest BCUT2D eigenvalue weighted by atomic mass is 9.80. The number of nitrogens with zero attached hydrogens (tertiary/aromatic N) is 2. The van der Waals surface area contributed by atoms with Crippen LogP contribution in [0.5, 0.6) is 23.0 Å². The second kappa shape index (κ2) is 18.7. The Labute approximate surface area is 326 Å². The van der Waals surface area contributed by atoms with Gasteiger partial charge in [0.25, 0.3) is 0 Å². The van der Waals surface area contributed by atoms with Crippen molar-refractivity contribution in [3.05, 3.63) is 83.3 Å². The van der Waals surface area contributed by atoms with Crippen LogP contribution in [0.1, 0.15) is 48.3 Å². The topological polar surface area (TPSA) is 92.7 Å². The molecule has 1 aromatic heterocycles. The molecule has 6 rings (SSSR count). The quantitative estimate of drug-likeness (QED) is 0.0549. The van der Waals surface area contributed by atoms with Gasteiger partial charge < -0.3 is 43.2 Å². The Bertz CT molecular complexity index is 1870. The van der Waals surface area contributed by atoms with Crippen LogP contribution >= 0.6 is 0 Å². The smallest absolute Gasteiger partial charge is 0.228 e. The highest BCUT2D eigenvalue weighted by molar-refractivity contribution is 6.76. The highest BCUT2D eigenvalue weighted by Gasteiger charge is 2.41. The highest BCUT2D eigenvalue weighted by Crippen LogP contribution is 2.40. The standard InChI is InChI=1S/C43H58FN3O7Si/c1-49-16-8-15-46-26-32(42-40(44)9-7-10-41(42)46)27-47(33-11-12-33)43(48)39-25-45-14-13-38(39)31-21-36(24-37(22-31)54-29-52-17-18-55(4,5)6)53-28-30-19-34(50-2)23-35(20-30)51-3/h7,9-10,19-24,26,33,38-39,45H,8,11-18,25,27-29H2,1-6H3/t38-,39?/m1/s1. The molecule has 0 spiro atoms. The van der Waals surface area contributed by atoms with Crippen LogP contribution in [0.2, 0.25) is 25.7 Å². The van der Waals surface area contributed by atoms with Crippen molar-refractivity contribution >= 4 is 24.9 Å². The molecule has 55 heavy (non-hydrogen) atoms. The lowest BCUT2D eigenvalue weighted by Crippen LogP contribution is -2.47. The number of nitrogens with one attached hydrogen (secondary N) is 1. The first-order valence-corrected chi connectivity index (χ1v) is 23.2. The molecule has 4 aromatic rings. The number of ether oxygens (including phenoxy) is 6. The summed E-state index contributed by atoms with van der Waals surface area (Å²) in [6.07, 6.45) is 5.49. The van der Waals surface area contributed by atoms with Crippen molar-refractivity contribution in [1.29, 1.82) is 0 Å². The number of aromatic nitrogens is 1. The molecule has 2 heterocycles. The Hall–Kier alpha value is -4.10. The van der Waals surface area contributed by atoms with Crippen molar-refractivity contribution in [2.75, 3.05) is 54.4 Å². The molecule has 1 amide bonds. The van der Waals surface area contributed by atoms with E-state index in [1.165, 1.54) is 6.07 Å². The number of benzene rings is 3. The summed E-state index contributed by atoms with van der Waals surface area (Å²) in [6, 6.07) is 18.0. The maximum absolute atomic E-state index is 15.5. The third kappa shape index (κ3) is 10.8. The first-order valence-electron chi connectivity index (χ1n) is 19.5. The molecule has 10 nitrogen and oxygen atoms in total. The Kier molecular flexibility index (Phi) is 13.8. The number of amides is 1. The van der Waals surface area contributed by atoms with Gasteiger partial charge in [0, 0.05) is 77.8 Å². The summed E-state index contributed by atoms with van der Waals surface area (Å²) < 4.78 is 52.3. The van der Waals surface area contributed by atoms with E-state index in [1.54, 1.807) is 27.4 Å². The van der Waals surface area contributed by atoms with Crippen LogP contribution < -0.4 is 24.3 Å². The molecule has 12 heteroatoms. The summed E-state index contributed by atoms with van der Waals surface area (Å²) in [5, 5.41) is 4.08. The van der Waals surface area contributed by atoms with Gasteiger partial charge in [-0.1, -0.05) is 25.7 Å². The summed E-state index contributed by atoms with van der Waals surface area (Å²) in [4.78, 5) is 16.8. The maximum atomic E-state index is 15.5. The molecule has 1 saturated heterocycles. The first-order chi connectivity index (χ1) is 26.6. The van der Waals surface area contributed by atoms with E-state index in [-0.39, 0.29) is 43.0 Å². The number of hydrogen-bond acceptors (Lipinski definition) is 8. The number of methoxy groups -OCH3 is 3. The van der Waals surface area contributed by atoms with E-state index >= 15 is 4.39 Å². The Morgan fingerprint density at radius 2 is 1.65 bits per heavy atom. The van der Waals surface area contributed by atoms with E-state index in [1.807, 2.05) is 53.6 Å². The molecule has 0 bridgehead atoms. The zero-order valence-corrected chi connectivity index (χ0v) is 34.3. The monoisotopic (exact) mass is 775 g/mol. The van der Waals surface area contributed by atoms with E-state index in [2.05, 4.69) is 29.5 Å². The van der Waals surface area contributed by atoms with Gasteiger partial charge in [-0.25, -0.2) is 4.39 Å². The van der Waals surface area contributed by atoms with Crippen LogP contribution in [-0.4, -0.2) is 83.9 Å². The molecule has 2 fully saturated rings. The van der Waals surface area contributed by atoms with Crippen LogP contribution in [0, 0.1) is 11.7 Å². The second-order valence-electron chi connectivity index (χ2n) is 16.0. The van der Waals surface area contributed by atoms with Crippen molar-refractivity contribution in [2.45, 2.75) is 83.0 Å². The Balaban J connectivity index is 1.26. The molecular weight excluding hydrogens is 718 g/mol. The normalized spacial score (nSPS) is 17.3. The molecule has 3 aromatic carbocycles. The van der Waals surface area contributed by atoms with Gasteiger partial charge in [0.15, 0.2) is 6.79 Å².